The number of benzene rings is 1. The maximum absolute atomic E-state index is 11.2. The number of halogens is 1. The third-order valence-electron chi connectivity index (χ3n) is 1.74. The van der Waals surface area contributed by atoms with Gasteiger partial charge in [-0.2, -0.15) is 0 Å². The smallest absolute Gasteiger partial charge is 0.224 e. The van der Waals surface area contributed by atoms with Crippen molar-refractivity contribution in [1.29, 1.82) is 0 Å². The van der Waals surface area contributed by atoms with Gasteiger partial charge in [-0.3, -0.25) is 4.79 Å². The molecule has 1 aromatic rings. The van der Waals surface area contributed by atoms with E-state index in [-0.39, 0.29) is 25.5 Å². The lowest BCUT2D eigenvalue weighted by Crippen LogP contribution is -2.27. The second kappa shape index (κ2) is 5.62. The summed E-state index contributed by atoms with van der Waals surface area (Å²) in [6, 6.07) is 7.20. The van der Waals surface area contributed by atoms with E-state index < -0.39 is 0 Å². The van der Waals surface area contributed by atoms with Crippen molar-refractivity contribution in [3.8, 4) is 0 Å². The van der Waals surface area contributed by atoms with Crippen molar-refractivity contribution >= 4 is 17.5 Å². The highest BCUT2D eigenvalue weighted by molar-refractivity contribution is 6.31. The van der Waals surface area contributed by atoms with Crippen LogP contribution in [-0.4, -0.2) is 24.2 Å². The zero-order chi connectivity index (χ0) is 10.4. The fourth-order valence-electron chi connectivity index (χ4n) is 1.07. The number of hydrogen-bond acceptors (Lipinski definition) is 2. The first-order chi connectivity index (χ1) is 6.74. The van der Waals surface area contributed by atoms with E-state index in [4.69, 9.17) is 16.7 Å². The molecule has 0 saturated heterocycles. The van der Waals surface area contributed by atoms with Crippen molar-refractivity contribution in [2.45, 2.75) is 6.42 Å². The fourth-order valence-corrected chi connectivity index (χ4v) is 1.28. The van der Waals surface area contributed by atoms with Gasteiger partial charge in [0.2, 0.25) is 5.91 Å². The second-order valence-electron chi connectivity index (χ2n) is 2.84. The Labute approximate surface area is 87.7 Å². The van der Waals surface area contributed by atoms with Crippen LogP contribution < -0.4 is 5.32 Å². The van der Waals surface area contributed by atoms with Gasteiger partial charge in [0.1, 0.15) is 0 Å². The molecule has 0 spiro atoms. The molecule has 2 N–H and O–H groups in total. The van der Waals surface area contributed by atoms with Crippen LogP contribution in [0.2, 0.25) is 5.02 Å². The number of aliphatic hydroxyl groups excluding tert-OH is 1. The molecule has 0 aromatic heterocycles. The molecular weight excluding hydrogens is 202 g/mol. The van der Waals surface area contributed by atoms with E-state index in [2.05, 4.69) is 5.32 Å². The molecule has 0 unspecified atom stereocenters. The molecule has 0 atom stereocenters. The van der Waals surface area contributed by atoms with Crippen molar-refractivity contribution in [3.63, 3.8) is 0 Å². The van der Waals surface area contributed by atoms with Gasteiger partial charge in [-0.05, 0) is 11.6 Å². The summed E-state index contributed by atoms with van der Waals surface area (Å²) in [5.41, 5.74) is 0.796. The summed E-state index contributed by atoms with van der Waals surface area (Å²) >= 11 is 5.87. The van der Waals surface area contributed by atoms with Gasteiger partial charge < -0.3 is 10.4 Å². The Morgan fingerprint density at radius 1 is 1.43 bits per heavy atom. The van der Waals surface area contributed by atoms with Crippen LogP contribution in [-0.2, 0) is 11.2 Å². The molecule has 0 saturated carbocycles. The van der Waals surface area contributed by atoms with Gasteiger partial charge in [0.05, 0.1) is 13.0 Å². The van der Waals surface area contributed by atoms with E-state index >= 15 is 0 Å². The molecule has 0 radical (unpaired) electrons. The third-order valence-corrected chi connectivity index (χ3v) is 2.11. The lowest BCUT2D eigenvalue weighted by Gasteiger charge is -2.04. The van der Waals surface area contributed by atoms with E-state index in [9.17, 15) is 4.79 Å². The van der Waals surface area contributed by atoms with E-state index in [1.807, 2.05) is 12.1 Å². The quantitative estimate of drug-likeness (QED) is 0.784. The van der Waals surface area contributed by atoms with Gasteiger partial charge in [-0.15, -0.1) is 0 Å². The Kier molecular flexibility index (Phi) is 4.43. The summed E-state index contributed by atoms with van der Waals surface area (Å²) in [6.07, 6.45) is 0.250. The van der Waals surface area contributed by atoms with Gasteiger partial charge in [-0.25, -0.2) is 0 Å². The molecule has 0 bridgehead atoms. The molecule has 4 heteroatoms. The van der Waals surface area contributed by atoms with E-state index in [1.165, 1.54) is 0 Å². The summed E-state index contributed by atoms with van der Waals surface area (Å²) in [5.74, 6) is -0.132. The van der Waals surface area contributed by atoms with Gasteiger partial charge in [0.25, 0.3) is 0 Å². The Hall–Kier alpha value is -1.06. The second-order valence-corrected chi connectivity index (χ2v) is 3.25. The van der Waals surface area contributed by atoms with Crippen LogP contribution in [0.25, 0.3) is 0 Å². The summed E-state index contributed by atoms with van der Waals surface area (Å²) in [7, 11) is 0. The highest BCUT2D eigenvalue weighted by Gasteiger charge is 2.04. The molecule has 14 heavy (non-hydrogen) atoms. The molecule has 0 aliphatic heterocycles. The first kappa shape index (κ1) is 11.0. The summed E-state index contributed by atoms with van der Waals surface area (Å²) in [5, 5.41) is 11.6. The number of aliphatic hydroxyl groups is 1. The van der Waals surface area contributed by atoms with Gasteiger partial charge >= 0.3 is 0 Å². The van der Waals surface area contributed by atoms with Crippen LogP contribution in [0, 0.1) is 0 Å². The molecule has 1 rings (SSSR count). The maximum atomic E-state index is 11.2. The highest BCUT2D eigenvalue weighted by Crippen LogP contribution is 2.14. The summed E-state index contributed by atoms with van der Waals surface area (Å²) in [4.78, 5) is 11.2. The number of carbonyl (C=O) groups excluding carboxylic acids is 1. The minimum Gasteiger partial charge on any atom is -0.395 e. The zero-order valence-corrected chi connectivity index (χ0v) is 8.42. The lowest BCUT2D eigenvalue weighted by molar-refractivity contribution is -0.120. The van der Waals surface area contributed by atoms with Gasteiger partial charge in [0, 0.05) is 11.6 Å². The minimum atomic E-state index is -0.132. The number of hydrogen-bond donors (Lipinski definition) is 2. The van der Waals surface area contributed by atoms with Crippen LogP contribution in [0.1, 0.15) is 5.56 Å². The van der Waals surface area contributed by atoms with E-state index in [0.717, 1.165) is 5.56 Å². The molecule has 76 valence electrons. The largest absolute Gasteiger partial charge is 0.395 e. The van der Waals surface area contributed by atoms with Crippen LogP contribution in [0.4, 0.5) is 0 Å². The fraction of sp³-hybridized carbons (Fsp3) is 0.300. The average Bonchev–Trinajstić information content (AvgIpc) is 2.18. The first-order valence-electron chi connectivity index (χ1n) is 4.35. The Balaban J connectivity index is 2.52. The van der Waals surface area contributed by atoms with Crippen molar-refractivity contribution in [2.24, 2.45) is 0 Å². The van der Waals surface area contributed by atoms with Crippen molar-refractivity contribution in [1.82, 2.24) is 5.32 Å². The number of carbonyl (C=O) groups is 1. The standard InChI is InChI=1S/C10H12ClNO2/c11-9-4-2-1-3-8(9)7-10(14)12-5-6-13/h1-4,13H,5-7H2,(H,12,14). The Bertz CT molecular complexity index is 315. The lowest BCUT2D eigenvalue weighted by atomic mass is 10.1. The van der Waals surface area contributed by atoms with Crippen LogP contribution >= 0.6 is 11.6 Å². The molecular formula is C10H12ClNO2. The summed E-state index contributed by atoms with van der Waals surface area (Å²) in [6.45, 7) is 0.234. The Morgan fingerprint density at radius 2 is 2.14 bits per heavy atom. The molecule has 0 aliphatic carbocycles. The number of nitrogens with one attached hydrogen (secondary N) is 1. The van der Waals surface area contributed by atoms with Gasteiger partial charge in [0.15, 0.2) is 0 Å². The summed E-state index contributed by atoms with van der Waals surface area (Å²) < 4.78 is 0. The van der Waals surface area contributed by atoms with Crippen LogP contribution in [0.15, 0.2) is 24.3 Å². The van der Waals surface area contributed by atoms with Crippen LogP contribution in [0.5, 0.6) is 0 Å². The van der Waals surface area contributed by atoms with Crippen LogP contribution in [0.3, 0.4) is 0 Å². The number of rotatable bonds is 4. The number of amides is 1. The minimum absolute atomic E-state index is 0.0474. The Morgan fingerprint density at radius 3 is 2.79 bits per heavy atom. The molecule has 1 aromatic carbocycles. The normalized spacial score (nSPS) is 9.86. The highest BCUT2D eigenvalue weighted by atomic mass is 35.5. The molecule has 0 heterocycles. The topological polar surface area (TPSA) is 49.3 Å². The van der Waals surface area contributed by atoms with Crippen molar-refractivity contribution < 1.29 is 9.90 Å². The first-order valence-corrected chi connectivity index (χ1v) is 4.73. The SMILES string of the molecule is O=C(Cc1ccccc1Cl)NCCO. The van der Waals surface area contributed by atoms with E-state index in [0.29, 0.717) is 5.02 Å². The van der Waals surface area contributed by atoms with Gasteiger partial charge in [-0.1, -0.05) is 29.8 Å². The monoisotopic (exact) mass is 213 g/mol. The van der Waals surface area contributed by atoms with Crippen molar-refractivity contribution in [2.75, 3.05) is 13.2 Å². The van der Waals surface area contributed by atoms with Crippen molar-refractivity contribution in [3.05, 3.63) is 34.9 Å². The molecule has 0 aliphatic rings. The van der Waals surface area contributed by atoms with E-state index in [1.54, 1.807) is 12.1 Å². The zero-order valence-electron chi connectivity index (χ0n) is 7.66. The molecule has 1 amide bonds. The predicted molar refractivity (Wildman–Crippen MR) is 55.3 cm³/mol. The molecule has 3 nitrogen and oxygen atoms in total. The molecule has 0 fully saturated rings. The predicted octanol–water partition coefficient (Wildman–Crippen LogP) is 0.991. The maximum Gasteiger partial charge on any atom is 0.224 e. The average molecular weight is 214 g/mol. The third kappa shape index (κ3) is 3.36.